The predicted octanol–water partition coefficient (Wildman–Crippen LogP) is 2.48. The fourth-order valence-electron chi connectivity index (χ4n) is 3.96. The van der Waals surface area contributed by atoms with Gasteiger partial charge in [0.1, 0.15) is 23.1 Å². The third-order valence-electron chi connectivity index (χ3n) is 5.73. The molecule has 0 bridgehead atoms. The van der Waals surface area contributed by atoms with Gasteiger partial charge in [-0.25, -0.2) is 4.68 Å². The number of benzene rings is 1. The maximum absolute atomic E-state index is 12.8. The lowest BCUT2D eigenvalue weighted by molar-refractivity contribution is 0.0933. The highest BCUT2D eigenvalue weighted by molar-refractivity contribution is 5.94. The normalized spacial score (nSPS) is 18.7. The number of nitrogens with one attached hydrogen (secondary N) is 1. The van der Waals surface area contributed by atoms with Gasteiger partial charge in [-0.3, -0.25) is 4.79 Å². The quantitative estimate of drug-likeness (QED) is 0.721. The molecule has 3 aromatic rings. The number of para-hydroxylation sites is 2. The minimum atomic E-state index is -0.101. The maximum Gasteiger partial charge on any atom is 0.254 e. The van der Waals surface area contributed by atoms with E-state index in [4.69, 9.17) is 4.74 Å². The van der Waals surface area contributed by atoms with E-state index >= 15 is 0 Å². The topological polar surface area (TPSA) is 86.9 Å². The van der Waals surface area contributed by atoms with Crippen molar-refractivity contribution in [3.8, 4) is 11.4 Å². The van der Waals surface area contributed by atoms with E-state index in [1.807, 2.05) is 24.3 Å². The third kappa shape index (κ3) is 3.50. The molecule has 1 unspecified atom stereocenters. The van der Waals surface area contributed by atoms with Crippen molar-refractivity contribution in [2.45, 2.75) is 50.6 Å². The molecule has 1 amide bonds. The van der Waals surface area contributed by atoms with E-state index in [1.54, 1.807) is 24.2 Å². The number of aryl methyl sites for hydroxylation is 1. The monoisotopic (exact) mass is 392 g/mol. The Balaban J connectivity index is 1.26. The highest BCUT2D eigenvalue weighted by Gasteiger charge is 2.31. The molecule has 2 aromatic heterocycles. The molecule has 1 fully saturated rings. The number of rotatable bonds is 5. The Morgan fingerprint density at radius 2 is 2.03 bits per heavy atom. The van der Waals surface area contributed by atoms with E-state index < -0.39 is 0 Å². The summed E-state index contributed by atoms with van der Waals surface area (Å²) >= 11 is 0. The highest BCUT2D eigenvalue weighted by atomic mass is 16.5. The van der Waals surface area contributed by atoms with Crippen molar-refractivity contribution in [2.24, 2.45) is 0 Å². The van der Waals surface area contributed by atoms with Crippen molar-refractivity contribution < 1.29 is 9.53 Å². The Morgan fingerprint density at radius 3 is 2.86 bits per heavy atom. The van der Waals surface area contributed by atoms with Gasteiger partial charge in [0.25, 0.3) is 5.91 Å². The average Bonchev–Trinajstić information content (AvgIpc) is 3.38. The number of amides is 1. The number of carbonyl (C=O) groups is 1. The van der Waals surface area contributed by atoms with Crippen LogP contribution in [0.25, 0.3) is 5.69 Å². The summed E-state index contributed by atoms with van der Waals surface area (Å²) in [6.45, 7) is 0.861. The Labute approximate surface area is 168 Å². The fourth-order valence-corrected chi connectivity index (χ4v) is 3.96. The van der Waals surface area contributed by atoms with Crippen LogP contribution in [0.4, 0.5) is 0 Å². The smallest absolute Gasteiger partial charge is 0.254 e. The molecule has 150 valence electrons. The molecule has 2 aliphatic rings. The molecule has 8 heteroatoms. The van der Waals surface area contributed by atoms with Gasteiger partial charge in [0.2, 0.25) is 0 Å². The SMILES string of the molecule is COc1ccccc1-n1cc(C(=O)NC2CCc3nnc(C4CC4)n3CC2)cn1. The molecular formula is C21H24N6O2. The lowest BCUT2D eigenvalue weighted by atomic mass is 10.1. The van der Waals surface area contributed by atoms with E-state index in [0.29, 0.717) is 17.2 Å². The standard InChI is InChI=1S/C21H24N6O2/c1-29-18-5-3-2-4-17(18)27-13-15(12-22-27)21(28)23-16-8-9-19-24-25-20(14-6-7-14)26(19)11-10-16/h2-5,12-14,16H,6-11H2,1H3,(H,23,28). The zero-order valence-corrected chi connectivity index (χ0v) is 16.4. The summed E-state index contributed by atoms with van der Waals surface area (Å²) in [6.07, 6.45) is 8.36. The Hall–Kier alpha value is -3.16. The van der Waals surface area contributed by atoms with Gasteiger partial charge < -0.3 is 14.6 Å². The number of methoxy groups -OCH3 is 1. The van der Waals surface area contributed by atoms with Crippen LogP contribution in [0.5, 0.6) is 5.75 Å². The van der Waals surface area contributed by atoms with Crippen molar-refractivity contribution in [2.75, 3.05) is 7.11 Å². The average molecular weight is 392 g/mol. The van der Waals surface area contributed by atoms with Gasteiger partial charge in [0, 0.05) is 31.1 Å². The van der Waals surface area contributed by atoms with E-state index in [9.17, 15) is 4.79 Å². The first-order valence-corrected chi connectivity index (χ1v) is 10.1. The molecule has 0 spiro atoms. The molecule has 1 atom stereocenters. The molecule has 1 saturated carbocycles. The summed E-state index contributed by atoms with van der Waals surface area (Å²) in [4.78, 5) is 12.8. The molecule has 29 heavy (non-hydrogen) atoms. The van der Waals surface area contributed by atoms with E-state index in [1.165, 1.54) is 12.8 Å². The second kappa shape index (κ2) is 7.35. The molecule has 1 N–H and O–H groups in total. The molecule has 0 saturated heterocycles. The Kier molecular flexibility index (Phi) is 4.54. The first-order valence-electron chi connectivity index (χ1n) is 10.1. The first-order chi connectivity index (χ1) is 14.2. The second-order valence-corrected chi connectivity index (χ2v) is 7.74. The van der Waals surface area contributed by atoms with Crippen molar-refractivity contribution in [3.63, 3.8) is 0 Å². The fraction of sp³-hybridized carbons (Fsp3) is 0.429. The number of aromatic nitrogens is 5. The Morgan fingerprint density at radius 1 is 1.17 bits per heavy atom. The summed E-state index contributed by atoms with van der Waals surface area (Å²) in [6, 6.07) is 7.72. The second-order valence-electron chi connectivity index (χ2n) is 7.74. The van der Waals surface area contributed by atoms with Crippen molar-refractivity contribution in [1.29, 1.82) is 0 Å². The van der Waals surface area contributed by atoms with E-state index in [0.717, 1.165) is 43.1 Å². The molecular weight excluding hydrogens is 368 g/mol. The van der Waals surface area contributed by atoms with E-state index in [2.05, 4.69) is 25.2 Å². The largest absolute Gasteiger partial charge is 0.494 e. The first kappa shape index (κ1) is 17.9. The summed E-state index contributed by atoms with van der Waals surface area (Å²) in [7, 11) is 1.62. The van der Waals surface area contributed by atoms with Crippen molar-refractivity contribution >= 4 is 5.91 Å². The molecule has 3 heterocycles. The van der Waals surface area contributed by atoms with Gasteiger partial charge in [0.15, 0.2) is 0 Å². The number of hydrogen-bond acceptors (Lipinski definition) is 5. The molecule has 5 rings (SSSR count). The van der Waals surface area contributed by atoms with Gasteiger partial charge in [-0.05, 0) is 37.8 Å². The van der Waals surface area contributed by atoms with Gasteiger partial charge in [-0.2, -0.15) is 5.10 Å². The van der Waals surface area contributed by atoms with Gasteiger partial charge >= 0.3 is 0 Å². The minimum Gasteiger partial charge on any atom is -0.494 e. The van der Waals surface area contributed by atoms with Crippen LogP contribution in [0.1, 0.15) is 53.6 Å². The summed E-state index contributed by atoms with van der Waals surface area (Å²) in [5, 5.41) is 16.3. The minimum absolute atomic E-state index is 0.101. The van der Waals surface area contributed by atoms with E-state index in [-0.39, 0.29) is 11.9 Å². The van der Waals surface area contributed by atoms with Gasteiger partial charge in [0.05, 0.1) is 18.9 Å². The van der Waals surface area contributed by atoms with Gasteiger partial charge in [-0.15, -0.1) is 10.2 Å². The van der Waals surface area contributed by atoms with Crippen molar-refractivity contribution in [1.82, 2.24) is 29.9 Å². The molecule has 1 aliphatic heterocycles. The predicted molar refractivity (Wildman–Crippen MR) is 106 cm³/mol. The maximum atomic E-state index is 12.8. The molecule has 1 aromatic carbocycles. The van der Waals surface area contributed by atoms with Crippen LogP contribution in [0, 0.1) is 0 Å². The zero-order chi connectivity index (χ0) is 19.8. The van der Waals surface area contributed by atoms with Crippen LogP contribution < -0.4 is 10.1 Å². The summed E-state index contributed by atoms with van der Waals surface area (Å²) < 4.78 is 9.32. The van der Waals surface area contributed by atoms with Crippen LogP contribution in [-0.2, 0) is 13.0 Å². The number of carbonyl (C=O) groups excluding carboxylic acids is 1. The van der Waals surface area contributed by atoms with Crippen LogP contribution >= 0.6 is 0 Å². The zero-order valence-electron chi connectivity index (χ0n) is 16.4. The molecule has 8 nitrogen and oxygen atoms in total. The van der Waals surface area contributed by atoms with Crippen molar-refractivity contribution in [3.05, 3.63) is 53.9 Å². The van der Waals surface area contributed by atoms with Gasteiger partial charge in [-0.1, -0.05) is 12.1 Å². The summed E-state index contributed by atoms with van der Waals surface area (Å²) in [5.74, 6) is 3.37. The number of nitrogens with zero attached hydrogens (tertiary/aromatic N) is 5. The Bertz CT molecular complexity index is 1040. The number of fused-ring (bicyclic) bond motifs is 1. The lowest BCUT2D eigenvalue weighted by Gasteiger charge is -2.15. The lowest BCUT2D eigenvalue weighted by Crippen LogP contribution is -2.35. The third-order valence-corrected chi connectivity index (χ3v) is 5.73. The van der Waals surface area contributed by atoms with Crippen LogP contribution in [-0.4, -0.2) is 43.6 Å². The highest BCUT2D eigenvalue weighted by Crippen LogP contribution is 2.39. The van der Waals surface area contributed by atoms with Crippen LogP contribution in [0.2, 0.25) is 0 Å². The molecule has 0 radical (unpaired) electrons. The van der Waals surface area contributed by atoms with Crippen LogP contribution in [0.3, 0.4) is 0 Å². The number of ether oxygens (including phenoxy) is 1. The summed E-state index contributed by atoms with van der Waals surface area (Å²) in [5.41, 5.74) is 1.34. The van der Waals surface area contributed by atoms with Crippen LogP contribution in [0.15, 0.2) is 36.7 Å². The number of hydrogen-bond donors (Lipinski definition) is 1. The molecule has 1 aliphatic carbocycles.